The van der Waals surface area contributed by atoms with Gasteiger partial charge in [0, 0.05) is 4.90 Å². The summed E-state index contributed by atoms with van der Waals surface area (Å²) in [5.41, 5.74) is -0.226. The predicted octanol–water partition coefficient (Wildman–Crippen LogP) is 5.89. The highest BCUT2D eigenvalue weighted by Gasteiger charge is 2.62. The SMILES string of the molecule is OC(c1cccc2ccccc12)C(F)(F)C(F)(F)Sc1ccccc1. The van der Waals surface area contributed by atoms with Gasteiger partial charge in [-0.3, -0.25) is 0 Å². The van der Waals surface area contributed by atoms with E-state index in [2.05, 4.69) is 0 Å². The number of benzene rings is 3. The van der Waals surface area contributed by atoms with Crippen molar-refractivity contribution in [2.75, 3.05) is 0 Å². The van der Waals surface area contributed by atoms with Crippen molar-refractivity contribution in [2.24, 2.45) is 0 Å². The van der Waals surface area contributed by atoms with Crippen LogP contribution in [0.15, 0.2) is 77.7 Å². The Morgan fingerprint density at radius 2 is 1.36 bits per heavy atom. The fraction of sp³-hybridized carbons (Fsp3) is 0.158. The standard InChI is InChI=1S/C19H14F4OS/c20-18(21,19(22,23)25-14-9-2-1-3-10-14)17(24)16-12-6-8-13-7-4-5-11-15(13)16/h1-12,17,24H. The predicted molar refractivity (Wildman–Crippen MR) is 91.1 cm³/mol. The number of aliphatic hydroxyl groups is 1. The maximum Gasteiger partial charge on any atom is 0.363 e. The molecule has 0 amide bonds. The van der Waals surface area contributed by atoms with E-state index in [1.54, 1.807) is 30.3 Å². The van der Waals surface area contributed by atoms with Crippen molar-refractivity contribution in [1.82, 2.24) is 0 Å². The molecule has 0 fully saturated rings. The summed E-state index contributed by atoms with van der Waals surface area (Å²) in [7, 11) is 0. The first-order valence-corrected chi connectivity index (χ1v) is 8.30. The van der Waals surface area contributed by atoms with Crippen LogP contribution in [0.2, 0.25) is 0 Å². The average Bonchev–Trinajstić information content (AvgIpc) is 2.61. The summed E-state index contributed by atoms with van der Waals surface area (Å²) in [6.07, 6.45) is -2.63. The molecule has 1 atom stereocenters. The monoisotopic (exact) mass is 366 g/mol. The lowest BCUT2D eigenvalue weighted by Gasteiger charge is -2.30. The van der Waals surface area contributed by atoms with Crippen molar-refractivity contribution in [3.05, 3.63) is 78.4 Å². The highest BCUT2D eigenvalue weighted by atomic mass is 32.2. The Kier molecular flexibility index (Phi) is 4.75. The van der Waals surface area contributed by atoms with Crippen molar-refractivity contribution < 1.29 is 22.7 Å². The summed E-state index contributed by atoms with van der Waals surface area (Å²) in [6.45, 7) is 0. The summed E-state index contributed by atoms with van der Waals surface area (Å²) in [6, 6.07) is 18.1. The van der Waals surface area contributed by atoms with Crippen LogP contribution in [-0.4, -0.2) is 16.3 Å². The Morgan fingerprint density at radius 3 is 2.08 bits per heavy atom. The van der Waals surface area contributed by atoms with Crippen LogP contribution in [0.5, 0.6) is 0 Å². The molecule has 3 aromatic carbocycles. The van der Waals surface area contributed by atoms with Crippen molar-refractivity contribution in [3.8, 4) is 0 Å². The average molecular weight is 366 g/mol. The first-order chi connectivity index (χ1) is 11.8. The smallest absolute Gasteiger partial charge is 0.363 e. The number of rotatable bonds is 5. The molecule has 1 nitrogen and oxygen atoms in total. The topological polar surface area (TPSA) is 20.2 Å². The van der Waals surface area contributed by atoms with Crippen LogP contribution in [0.25, 0.3) is 10.8 Å². The summed E-state index contributed by atoms with van der Waals surface area (Å²) < 4.78 is 57.5. The third kappa shape index (κ3) is 3.37. The molecule has 1 unspecified atom stereocenters. The maximum absolute atomic E-state index is 14.5. The van der Waals surface area contributed by atoms with Gasteiger partial charge in [-0.2, -0.15) is 17.6 Å². The second-order valence-electron chi connectivity index (χ2n) is 5.53. The third-order valence-electron chi connectivity index (χ3n) is 3.84. The van der Waals surface area contributed by atoms with Crippen molar-refractivity contribution >= 4 is 22.5 Å². The number of hydrogen-bond donors (Lipinski definition) is 1. The zero-order chi connectivity index (χ0) is 18.1. The van der Waals surface area contributed by atoms with Crippen LogP contribution in [0.1, 0.15) is 11.7 Å². The van der Waals surface area contributed by atoms with E-state index in [0.29, 0.717) is 10.8 Å². The molecule has 0 aromatic heterocycles. The highest BCUT2D eigenvalue weighted by molar-refractivity contribution is 8.00. The molecule has 0 aliphatic carbocycles. The number of halogens is 4. The number of thioether (sulfide) groups is 1. The quantitative estimate of drug-likeness (QED) is 0.449. The zero-order valence-corrected chi connectivity index (χ0v) is 13.7. The molecule has 3 aromatic rings. The first-order valence-electron chi connectivity index (χ1n) is 7.48. The van der Waals surface area contributed by atoms with Crippen LogP contribution < -0.4 is 0 Å². The van der Waals surface area contributed by atoms with Gasteiger partial charge in [0.05, 0.1) is 0 Å². The van der Waals surface area contributed by atoms with Crippen LogP contribution in [0, 0.1) is 0 Å². The van der Waals surface area contributed by atoms with E-state index in [1.165, 1.54) is 42.5 Å². The van der Waals surface area contributed by atoms with E-state index in [9.17, 15) is 22.7 Å². The molecule has 0 saturated carbocycles. The van der Waals surface area contributed by atoms with E-state index >= 15 is 0 Å². The fourth-order valence-corrected chi connectivity index (χ4v) is 3.38. The van der Waals surface area contributed by atoms with E-state index < -0.39 is 17.3 Å². The minimum absolute atomic E-state index is 0.00250. The normalized spacial score (nSPS) is 13.8. The van der Waals surface area contributed by atoms with Crippen LogP contribution in [0.3, 0.4) is 0 Å². The molecule has 130 valence electrons. The van der Waals surface area contributed by atoms with Crippen LogP contribution in [0.4, 0.5) is 17.6 Å². The van der Waals surface area contributed by atoms with Gasteiger partial charge in [-0.1, -0.05) is 60.7 Å². The van der Waals surface area contributed by atoms with Gasteiger partial charge in [0.25, 0.3) is 0 Å². The number of aliphatic hydroxyl groups excluding tert-OH is 1. The summed E-state index contributed by atoms with van der Waals surface area (Å²) >= 11 is -0.262. The molecule has 0 aliphatic rings. The first kappa shape index (κ1) is 17.8. The van der Waals surface area contributed by atoms with Gasteiger partial charge in [-0.05, 0) is 40.2 Å². The fourth-order valence-electron chi connectivity index (χ4n) is 2.55. The van der Waals surface area contributed by atoms with Crippen molar-refractivity contribution in [3.63, 3.8) is 0 Å². The molecule has 0 spiro atoms. The summed E-state index contributed by atoms with van der Waals surface area (Å²) in [5, 5.41) is 6.54. The molecular weight excluding hydrogens is 352 g/mol. The third-order valence-corrected chi connectivity index (χ3v) is 4.88. The number of fused-ring (bicyclic) bond motifs is 1. The molecule has 0 radical (unpaired) electrons. The Bertz CT molecular complexity index is 862. The molecule has 0 bridgehead atoms. The Hall–Kier alpha value is -2.05. The number of alkyl halides is 4. The van der Waals surface area contributed by atoms with Gasteiger partial charge >= 0.3 is 11.2 Å². The minimum Gasteiger partial charge on any atom is -0.382 e. The second-order valence-corrected chi connectivity index (χ2v) is 6.71. The lowest BCUT2D eigenvalue weighted by atomic mass is 9.97. The van der Waals surface area contributed by atoms with E-state index in [-0.39, 0.29) is 22.2 Å². The van der Waals surface area contributed by atoms with Crippen molar-refractivity contribution in [1.29, 1.82) is 0 Å². The second kappa shape index (κ2) is 6.69. The van der Waals surface area contributed by atoms with Gasteiger partial charge in [0.1, 0.15) is 0 Å². The van der Waals surface area contributed by atoms with Gasteiger partial charge < -0.3 is 5.11 Å². The lowest BCUT2D eigenvalue weighted by Crippen LogP contribution is -2.43. The molecule has 3 rings (SSSR count). The molecule has 25 heavy (non-hydrogen) atoms. The van der Waals surface area contributed by atoms with E-state index in [4.69, 9.17) is 0 Å². The summed E-state index contributed by atoms with van der Waals surface area (Å²) in [5.74, 6) is -4.66. The zero-order valence-electron chi connectivity index (χ0n) is 12.9. The Labute approximate surface area is 146 Å². The van der Waals surface area contributed by atoms with Gasteiger partial charge in [-0.15, -0.1) is 0 Å². The van der Waals surface area contributed by atoms with Crippen LogP contribution >= 0.6 is 11.8 Å². The largest absolute Gasteiger partial charge is 0.382 e. The molecule has 1 N–H and O–H groups in total. The Morgan fingerprint density at radius 1 is 0.760 bits per heavy atom. The molecule has 6 heteroatoms. The lowest BCUT2D eigenvalue weighted by molar-refractivity contribution is -0.211. The van der Waals surface area contributed by atoms with E-state index in [1.807, 2.05) is 0 Å². The van der Waals surface area contributed by atoms with Gasteiger partial charge in [0.2, 0.25) is 0 Å². The van der Waals surface area contributed by atoms with Crippen LogP contribution in [-0.2, 0) is 0 Å². The van der Waals surface area contributed by atoms with Crippen molar-refractivity contribution in [2.45, 2.75) is 22.2 Å². The summed E-state index contributed by atoms with van der Waals surface area (Å²) in [4.78, 5) is -0.00250. The molecule has 0 aliphatic heterocycles. The van der Waals surface area contributed by atoms with Gasteiger partial charge in [-0.25, -0.2) is 0 Å². The highest BCUT2D eigenvalue weighted by Crippen LogP contribution is 2.52. The molecule has 0 heterocycles. The molecule has 0 saturated heterocycles. The van der Waals surface area contributed by atoms with Gasteiger partial charge in [0.15, 0.2) is 6.10 Å². The molecular formula is C19H14F4OS. The number of hydrogen-bond acceptors (Lipinski definition) is 2. The maximum atomic E-state index is 14.5. The Balaban J connectivity index is 1.97. The van der Waals surface area contributed by atoms with E-state index in [0.717, 1.165) is 0 Å². The minimum atomic E-state index is -4.66.